The van der Waals surface area contributed by atoms with Crippen LogP contribution in [0.25, 0.3) is 0 Å². The van der Waals surface area contributed by atoms with E-state index in [1.807, 2.05) is 30.3 Å². The van der Waals surface area contributed by atoms with E-state index in [9.17, 15) is 0 Å². The molecule has 1 heterocycles. The normalized spacial score (nSPS) is 13.1. The van der Waals surface area contributed by atoms with Gasteiger partial charge in [0.25, 0.3) is 0 Å². The van der Waals surface area contributed by atoms with Gasteiger partial charge in [-0.05, 0) is 41.8 Å². The van der Waals surface area contributed by atoms with Crippen LogP contribution in [0.15, 0.2) is 83.9 Å². The van der Waals surface area contributed by atoms with E-state index in [4.69, 9.17) is 9.73 Å². The molecule has 0 saturated heterocycles. The van der Waals surface area contributed by atoms with E-state index in [2.05, 4.69) is 48.5 Å². The number of ether oxygens (including phenoxy) is 1. The van der Waals surface area contributed by atoms with Crippen molar-refractivity contribution >= 4 is 5.71 Å². The second kappa shape index (κ2) is 6.71. The first kappa shape index (κ1) is 14.7. The number of aliphatic imine (C=N–C) groups is 1. The predicted octanol–water partition coefficient (Wildman–Crippen LogP) is 4.66. The summed E-state index contributed by atoms with van der Waals surface area (Å²) >= 11 is 0. The molecule has 2 heteroatoms. The van der Waals surface area contributed by atoms with Crippen LogP contribution in [0.2, 0.25) is 0 Å². The van der Waals surface area contributed by atoms with Gasteiger partial charge in [-0.15, -0.1) is 0 Å². The molecule has 24 heavy (non-hydrogen) atoms. The molecule has 3 aromatic carbocycles. The SMILES string of the molecule is c1ccc(COc2ccc(C3=NCCc4ccccc43)cc2)cc1. The van der Waals surface area contributed by atoms with Gasteiger partial charge >= 0.3 is 0 Å². The van der Waals surface area contributed by atoms with Gasteiger partial charge in [0.1, 0.15) is 12.4 Å². The third-order valence-electron chi connectivity index (χ3n) is 4.30. The van der Waals surface area contributed by atoms with Crippen LogP contribution in [-0.2, 0) is 13.0 Å². The third kappa shape index (κ3) is 3.09. The van der Waals surface area contributed by atoms with E-state index in [0.29, 0.717) is 6.61 Å². The van der Waals surface area contributed by atoms with E-state index in [0.717, 1.165) is 30.0 Å². The summed E-state index contributed by atoms with van der Waals surface area (Å²) in [7, 11) is 0. The fraction of sp³-hybridized carbons (Fsp3) is 0.136. The minimum Gasteiger partial charge on any atom is -0.489 e. The molecule has 4 rings (SSSR count). The largest absolute Gasteiger partial charge is 0.489 e. The van der Waals surface area contributed by atoms with E-state index < -0.39 is 0 Å². The molecule has 0 fully saturated rings. The molecule has 0 aromatic heterocycles. The average Bonchev–Trinajstić information content (AvgIpc) is 2.67. The first-order valence-electron chi connectivity index (χ1n) is 8.30. The van der Waals surface area contributed by atoms with Gasteiger partial charge in [0.15, 0.2) is 0 Å². The molecule has 118 valence electrons. The minimum absolute atomic E-state index is 0.587. The Morgan fingerprint density at radius 1 is 0.792 bits per heavy atom. The van der Waals surface area contributed by atoms with Crippen LogP contribution in [0.5, 0.6) is 5.75 Å². The maximum atomic E-state index is 5.86. The van der Waals surface area contributed by atoms with Gasteiger partial charge in [-0.1, -0.05) is 54.6 Å². The summed E-state index contributed by atoms with van der Waals surface area (Å²) in [6, 6.07) is 27.0. The zero-order valence-electron chi connectivity index (χ0n) is 13.5. The first-order valence-corrected chi connectivity index (χ1v) is 8.30. The molecule has 0 N–H and O–H groups in total. The van der Waals surface area contributed by atoms with Crippen molar-refractivity contribution in [2.24, 2.45) is 4.99 Å². The quantitative estimate of drug-likeness (QED) is 0.686. The smallest absolute Gasteiger partial charge is 0.119 e. The summed E-state index contributed by atoms with van der Waals surface area (Å²) in [4.78, 5) is 4.74. The highest BCUT2D eigenvalue weighted by Gasteiger charge is 2.14. The molecular weight excluding hydrogens is 294 g/mol. The molecule has 0 aliphatic carbocycles. The Bertz CT molecular complexity index is 851. The Hall–Kier alpha value is -2.87. The van der Waals surface area contributed by atoms with Gasteiger partial charge < -0.3 is 4.74 Å². The number of nitrogens with zero attached hydrogens (tertiary/aromatic N) is 1. The highest BCUT2D eigenvalue weighted by molar-refractivity contribution is 6.14. The standard InChI is InChI=1S/C22H19NO/c1-2-6-17(7-3-1)16-24-20-12-10-19(11-13-20)22-21-9-5-4-8-18(21)14-15-23-22/h1-13H,14-16H2. The Balaban J connectivity index is 1.51. The Kier molecular flexibility index (Phi) is 4.11. The van der Waals surface area contributed by atoms with Gasteiger partial charge in [0.05, 0.1) is 5.71 Å². The second-order valence-electron chi connectivity index (χ2n) is 5.94. The van der Waals surface area contributed by atoms with Crippen LogP contribution in [0.4, 0.5) is 0 Å². The van der Waals surface area contributed by atoms with E-state index in [1.54, 1.807) is 0 Å². The average molecular weight is 313 g/mol. The Labute approximate surface area is 142 Å². The topological polar surface area (TPSA) is 21.6 Å². The van der Waals surface area contributed by atoms with Crippen LogP contribution in [0.3, 0.4) is 0 Å². The molecule has 1 aliphatic rings. The number of fused-ring (bicyclic) bond motifs is 1. The van der Waals surface area contributed by atoms with E-state index in [-0.39, 0.29) is 0 Å². The van der Waals surface area contributed by atoms with Crippen molar-refractivity contribution in [3.63, 3.8) is 0 Å². The van der Waals surface area contributed by atoms with E-state index >= 15 is 0 Å². The van der Waals surface area contributed by atoms with Gasteiger partial charge in [0, 0.05) is 17.7 Å². The van der Waals surface area contributed by atoms with Crippen molar-refractivity contribution in [3.8, 4) is 5.75 Å². The molecule has 0 amide bonds. The Morgan fingerprint density at radius 2 is 1.54 bits per heavy atom. The summed E-state index contributed by atoms with van der Waals surface area (Å²) < 4.78 is 5.86. The molecule has 0 unspecified atom stereocenters. The summed E-state index contributed by atoms with van der Waals surface area (Å²) in [5.74, 6) is 0.882. The maximum absolute atomic E-state index is 5.86. The van der Waals surface area contributed by atoms with Crippen LogP contribution in [-0.4, -0.2) is 12.3 Å². The summed E-state index contributed by atoms with van der Waals surface area (Å²) in [5, 5.41) is 0. The molecule has 0 saturated carbocycles. The van der Waals surface area contributed by atoms with Crippen molar-refractivity contribution in [1.82, 2.24) is 0 Å². The Morgan fingerprint density at radius 3 is 2.38 bits per heavy atom. The molecule has 0 bridgehead atoms. The van der Waals surface area contributed by atoms with Crippen molar-refractivity contribution in [1.29, 1.82) is 0 Å². The van der Waals surface area contributed by atoms with Crippen molar-refractivity contribution < 1.29 is 4.74 Å². The third-order valence-corrected chi connectivity index (χ3v) is 4.30. The summed E-state index contributed by atoms with van der Waals surface area (Å²) in [6.45, 7) is 1.45. The van der Waals surface area contributed by atoms with Gasteiger partial charge in [-0.25, -0.2) is 0 Å². The monoisotopic (exact) mass is 313 g/mol. The number of hydrogen-bond acceptors (Lipinski definition) is 2. The molecule has 0 radical (unpaired) electrons. The molecule has 1 aliphatic heterocycles. The predicted molar refractivity (Wildman–Crippen MR) is 97.9 cm³/mol. The lowest BCUT2D eigenvalue weighted by atomic mass is 9.93. The highest BCUT2D eigenvalue weighted by Crippen LogP contribution is 2.22. The second-order valence-corrected chi connectivity index (χ2v) is 5.94. The van der Waals surface area contributed by atoms with Crippen LogP contribution in [0.1, 0.15) is 22.3 Å². The molecule has 0 atom stereocenters. The number of hydrogen-bond donors (Lipinski definition) is 0. The van der Waals surface area contributed by atoms with Crippen molar-refractivity contribution in [3.05, 3.63) is 101 Å². The zero-order valence-corrected chi connectivity index (χ0v) is 13.5. The summed E-state index contributed by atoms with van der Waals surface area (Å²) in [5.41, 5.74) is 6.04. The molecule has 3 aromatic rings. The number of rotatable bonds is 4. The fourth-order valence-corrected chi connectivity index (χ4v) is 3.04. The summed E-state index contributed by atoms with van der Waals surface area (Å²) in [6.07, 6.45) is 1.03. The van der Waals surface area contributed by atoms with Gasteiger partial charge in [0.2, 0.25) is 0 Å². The van der Waals surface area contributed by atoms with Gasteiger partial charge in [-0.3, -0.25) is 4.99 Å². The molecule has 0 spiro atoms. The van der Waals surface area contributed by atoms with Crippen LogP contribution < -0.4 is 4.74 Å². The molecular formula is C22H19NO. The fourth-order valence-electron chi connectivity index (χ4n) is 3.04. The zero-order chi connectivity index (χ0) is 16.2. The lowest BCUT2D eigenvalue weighted by Crippen LogP contribution is -2.13. The van der Waals surface area contributed by atoms with E-state index in [1.165, 1.54) is 16.7 Å². The van der Waals surface area contributed by atoms with Crippen LogP contribution in [0, 0.1) is 0 Å². The first-order chi connectivity index (χ1) is 11.9. The van der Waals surface area contributed by atoms with Crippen molar-refractivity contribution in [2.75, 3.05) is 6.54 Å². The van der Waals surface area contributed by atoms with Crippen molar-refractivity contribution in [2.45, 2.75) is 13.0 Å². The highest BCUT2D eigenvalue weighted by atomic mass is 16.5. The minimum atomic E-state index is 0.587. The lowest BCUT2D eigenvalue weighted by Gasteiger charge is -2.17. The maximum Gasteiger partial charge on any atom is 0.119 e. The lowest BCUT2D eigenvalue weighted by molar-refractivity contribution is 0.306. The molecule has 2 nitrogen and oxygen atoms in total. The van der Waals surface area contributed by atoms with Crippen LogP contribution >= 0.6 is 0 Å². The number of benzene rings is 3. The van der Waals surface area contributed by atoms with Gasteiger partial charge in [-0.2, -0.15) is 0 Å².